The lowest BCUT2D eigenvalue weighted by Crippen LogP contribution is -2.32. The van der Waals surface area contributed by atoms with Crippen LogP contribution in [0.4, 0.5) is 11.4 Å². The van der Waals surface area contributed by atoms with Crippen LogP contribution in [0.2, 0.25) is 0 Å². The number of nitrogens with one attached hydrogen (secondary N) is 1. The molecule has 0 saturated heterocycles. The Morgan fingerprint density at radius 2 is 1.38 bits per heavy atom. The average Bonchev–Trinajstić information content (AvgIpc) is 3.01. The summed E-state index contributed by atoms with van der Waals surface area (Å²) in [6, 6.07) is 29.4. The van der Waals surface area contributed by atoms with Crippen molar-refractivity contribution in [2.45, 2.75) is 20.3 Å². The number of carbonyl (C=O) groups excluding carboxylic acids is 2. The molecule has 2 amide bonds. The highest BCUT2D eigenvalue weighted by Gasteiger charge is 2.24. The second kappa shape index (κ2) is 8.99. The highest BCUT2D eigenvalue weighted by Crippen LogP contribution is 2.36. The van der Waals surface area contributed by atoms with Crippen molar-refractivity contribution in [2.24, 2.45) is 0 Å². The Labute approximate surface area is 199 Å². The van der Waals surface area contributed by atoms with Gasteiger partial charge in [-0.1, -0.05) is 60.7 Å². The van der Waals surface area contributed by atoms with Crippen LogP contribution in [-0.2, 0) is 6.42 Å². The van der Waals surface area contributed by atoms with E-state index in [2.05, 4.69) is 23.5 Å². The smallest absolute Gasteiger partial charge is 0.258 e. The van der Waals surface area contributed by atoms with Crippen molar-refractivity contribution < 1.29 is 9.59 Å². The predicted octanol–water partition coefficient (Wildman–Crippen LogP) is 6.43. The van der Waals surface area contributed by atoms with E-state index in [9.17, 15) is 9.59 Å². The SMILES string of the molecule is Cc1cccc(C)c1C(=O)Nc1ccc(C(=O)N2CCc3ccccc3-c3ccccc32)cc1. The van der Waals surface area contributed by atoms with Crippen LogP contribution in [0.25, 0.3) is 11.1 Å². The summed E-state index contributed by atoms with van der Waals surface area (Å²) in [7, 11) is 0. The molecule has 1 aliphatic heterocycles. The van der Waals surface area contributed by atoms with Gasteiger partial charge in [-0.05, 0) is 72.9 Å². The summed E-state index contributed by atoms with van der Waals surface area (Å²) in [5.41, 5.74) is 8.22. The molecule has 4 aromatic carbocycles. The van der Waals surface area contributed by atoms with Gasteiger partial charge in [0, 0.05) is 28.9 Å². The Balaban J connectivity index is 1.39. The van der Waals surface area contributed by atoms with Gasteiger partial charge in [0.2, 0.25) is 0 Å². The number of rotatable bonds is 3. The fraction of sp³-hybridized carbons (Fsp3) is 0.133. The third-order valence-corrected chi connectivity index (χ3v) is 6.45. The minimum atomic E-state index is -0.145. The number of hydrogen-bond donors (Lipinski definition) is 1. The number of nitrogens with zero attached hydrogens (tertiary/aromatic N) is 1. The molecule has 5 rings (SSSR count). The third kappa shape index (κ3) is 3.99. The Bertz CT molecular complexity index is 1370. The molecule has 0 radical (unpaired) electrons. The lowest BCUT2D eigenvalue weighted by Gasteiger charge is -2.23. The first kappa shape index (κ1) is 21.7. The number of hydrogen-bond acceptors (Lipinski definition) is 2. The van der Waals surface area contributed by atoms with Crippen LogP contribution in [0.5, 0.6) is 0 Å². The lowest BCUT2D eigenvalue weighted by atomic mass is 9.98. The summed E-state index contributed by atoms with van der Waals surface area (Å²) in [4.78, 5) is 28.2. The molecule has 0 fully saturated rings. The first-order valence-corrected chi connectivity index (χ1v) is 11.5. The number of fused-ring (bicyclic) bond motifs is 3. The van der Waals surface area contributed by atoms with Crippen LogP contribution in [0.1, 0.15) is 37.4 Å². The second-order valence-electron chi connectivity index (χ2n) is 8.68. The zero-order valence-corrected chi connectivity index (χ0v) is 19.3. The van der Waals surface area contributed by atoms with Crippen molar-refractivity contribution in [2.75, 3.05) is 16.8 Å². The number of carbonyl (C=O) groups is 2. The molecule has 0 aliphatic carbocycles. The molecule has 4 nitrogen and oxygen atoms in total. The van der Waals surface area contributed by atoms with E-state index in [1.54, 1.807) is 24.3 Å². The first-order chi connectivity index (χ1) is 16.5. The molecule has 0 saturated carbocycles. The van der Waals surface area contributed by atoms with Gasteiger partial charge in [0.05, 0.1) is 5.69 Å². The van der Waals surface area contributed by atoms with Crippen LogP contribution >= 0.6 is 0 Å². The van der Waals surface area contributed by atoms with Gasteiger partial charge in [-0.2, -0.15) is 0 Å². The van der Waals surface area contributed by atoms with Crippen molar-refractivity contribution in [1.82, 2.24) is 0 Å². The van der Waals surface area contributed by atoms with E-state index in [-0.39, 0.29) is 11.8 Å². The molecule has 1 N–H and O–H groups in total. The summed E-state index contributed by atoms with van der Waals surface area (Å²) < 4.78 is 0. The molecule has 168 valence electrons. The summed E-state index contributed by atoms with van der Waals surface area (Å²) in [5.74, 6) is -0.193. The Morgan fingerprint density at radius 3 is 2.12 bits per heavy atom. The van der Waals surface area contributed by atoms with Crippen molar-refractivity contribution in [1.29, 1.82) is 0 Å². The van der Waals surface area contributed by atoms with Gasteiger partial charge in [0.25, 0.3) is 11.8 Å². The molecule has 1 aliphatic rings. The van der Waals surface area contributed by atoms with Crippen molar-refractivity contribution in [3.8, 4) is 11.1 Å². The Morgan fingerprint density at radius 1 is 0.735 bits per heavy atom. The van der Waals surface area contributed by atoms with E-state index in [1.807, 2.05) is 67.3 Å². The van der Waals surface area contributed by atoms with Crippen molar-refractivity contribution in [3.05, 3.63) is 119 Å². The first-order valence-electron chi connectivity index (χ1n) is 11.5. The van der Waals surface area contributed by atoms with Crippen LogP contribution in [-0.4, -0.2) is 18.4 Å². The van der Waals surface area contributed by atoms with E-state index >= 15 is 0 Å². The lowest BCUT2D eigenvalue weighted by molar-refractivity contribution is 0.0986. The maximum Gasteiger partial charge on any atom is 0.258 e. The molecule has 0 unspecified atom stereocenters. The standard InChI is InChI=1S/C30H26N2O2/c1-20-8-7-9-21(2)28(20)29(33)31-24-16-14-23(15-17-24)30(34)32-19-18-22-10-3-4-11-25(22)26-12-5-6-13-27(26)32/h3-17H,18-19H2,1-2H3,(H,31,33). The van der Waals surface area contributed by atoms with Crippen LogP contribution in [0.15, 0.2) is 91.0 Å². The fourth-order valence-electron chi connectivity index (χ4n) is 4.72. The van der Waals surface area contributed by atoms with Crippen molar-refractivity contribution in [3.63, 3.8) is 0 Å². The second-order valence-corrected chi connectivity index (χ2v) is 8.68. The minimum Gasteiger partial charge on any atom is -0.322 e. The van der Waals surface area contributed by atoms with Crippen LogP contribution in [0.3, 0.4) is 0 Å². The average molecular weight is 447 g/mol. The monoisotopic (exact) mass is 446 g/mol. The number of para-hydroxylation sites is 1. The molecular formula is C30H26N2O2. The summed E-state index contributed by atoms with van der Waals surface area (Å²) in [6.07, 6.45) is 0.792. The quantitative estimate of drug-likeness (QED) is 0.394. The molecule has 1 heterocycles. The van der Waals surface area contributed by atoms with Crippen molar-refractivity contribution >= 4 is 23.2 Å². The fourth-order valence-corrected chi connectivity index (χ4v) is 4.72. The van der Waals surface area contributed by atoms with Gasteiger partial charge in [-0.3, -0.25) is 9.59 Å². The zero-order chi connectivity index (χ0) is 23.7. The molecule has 0 spiro atoms. The van der Waals surface area contributed by atoms with Crippen LogP contribution in [0, 0.1) is 13.8 Å². The van der Waals surface area contributed by atoms with Gasteiger partial charge in [0.15, 0.2) is 0 Å². The molecule has 4 aromatic rings. The van der Waals surface area contributed by atoms with E-state index in [0.717, 1.165) is 28.8 Å². The van der Waals surface area contributed by atoms with Gasteiger partial charge in [-0.25, -0.2) is 0 Å². The van der Waals surface area contributed by atoms with Gasteiger partial charge < -0.3 is 10.2 Å². The summed E-state index contributed by atoms with van der Waals surface area (Å²) in [5, 5.41) is 2.96. The predicted molar refractivity (Wildman–Crippen MR) is 138 cm³/mol. The third-order valence-electron chi connectivity index (χ3n) is 6.45. The number of amides is 2. The molecule has 0 bridgehead atoms. The summed E-state index contributed by atoms with van der Waals surface area (Å²) >= 11 is 0. The highest BCUT2D eigenvalue weighted by atomic mass is 16.2. The summed E-state index contributed by atoms with van der Waals surface area (Å²) in [6.45, 7) is 4.47. The Kier molecular flexibility index (Phi) is 5.72. The number of benzene rings is 4. The zero-order valence-electron chi connectivity index (χ0n) is 19.3. The topological polar surface area (TPSA) is 49.4 Å². The van der Waals surface area contributed by atoms with Crippen LogP contribution < -0.4 is 10.2 Å². The molecule has 0 aromatic heterocycles. The van der Waals surface area contributed by atoms with E-state index in [1.165, 1.54) is 11.1 Å². The highest BCUT2D eigenvalue weighted by molar-refractivity contribution is 6.09. The minimum absolute atomic E-state index is 0.0483. The van der Waals surface area contributed by atoms with Gasteiger partial charge >= 0.3 is 0 Å². The normalized spacial score (nSPS) is 12.4. The van der Waals surface area contributed by atoms with E-state index < -0.39 is 0 Å². The van der Waals surface area contributed by atoms with Gasteiger partial charge in [0.1, 0.15) is 0 Å². The van der Waals surface area contributed by atoms with Gasteiger partial charge in [-0.15, -0.1) is 0 Å². The van der Waals surface area contributed by atoms with E-state index in [0.29, 0.717) is 23.4 Å². The molecular weight excluding hydrogens is 420 g/mol. The van der Waals surface area contributed by atoms with E-state index in [4.69, 9.17) is 0 Å². The molecule has 4 heteroatoms. The molecule has 34 heavy (non-hydrogen) atoms. The number of anilines is 2. The largest absolute Gasteiger partial charge is 0.322 e. The molecule has 0 atom stereocenters. The maximum absolute atomic E-state index is 13.5. The Hall–Kier alpha value is -4.18. The number of aryl methyl sites for hydroxylation is 2. The maximum atomic E-state index is 13.5.